The van der Waals surface area contributed by atoms with Crippen LogP contribution in [0.1, 0.15) is 52.9 Å². The largest absolute Gasteiger partial charge is 0.386 e. The Labute approximate surface area is 92.0 Å². The molecular formula is C13H22O2. The van der Waals surface area contributed by atoms with Crippen LogP contribution in [0.3, 0.4) is 0 Å². The maximum Gasteiger partial charge on any atom is 0.0992 e. The van der Waals surface area contributed by atoms with E-state index in [0.29, 0.717) is 11.8 Å². The number of hydrogen-bond acceptors (Lipinski definition) is 2. The summed E-state index contributed by atoms with van der Waals surface area (Å²) in [5, 5.41) is 10.9. The highest BCUT2D eigenvalue weighted by Gasteiger charge is 2.83. The maximum absolute atomic E-state index is 10.9. The fraction of sp³-hybridized carbons (Fsp3) is 1.00. The van der Waals surface area contributed by atoms with Gasteiger partial charge in [0, 0.05) is 5.92 Å². The van der Waals surface area contributed by atoms with E-state index < -0.39 is 5.60 Å². The summed E-state index contributed by atoms with van der Waals surface area (Å²) >= 11 is 0. The summed E-state index contributed by atoms with van der Waals surface area (Å²) in [5.41, 5.74) is -0.757. The zero-order valence-corrected chi connectivity index (χ0v) is 10.0. The predicted octanol–water partition coefficient (Wildman–Crippen LogP) is 2.50. The monoisotopic (exact) mass is 210 g/mol. The van der Waals surface area contributed by atoms with E-state index in [1.165, 1.54) is 6.42 Å². The second-order valence-corrected chi connectivity index (χ2v) is 6.17. The maximum atomic E-state index is 10.9. The molecule has 4 bridgehead atoms. The van der Waals surface area contributed by atoms with Crippen molar-refractivity contribution in [1.82, 2.24) is 0 Å². The molecule has 0 aromatic carbocycles. The Kier molecular flexibility index (Phi) is 1.75. The number of fused-ring (bicyclic) bond motifs is 1. The van der Waals surface area contributed by atoms with Crippen molar-refractivity contribution < 1.29 is 9.84 Å². The Morgan fingerprint density at radius 2 is 2.13 bits per heavy atom. The van der Waals surface area contributed by atoms with Crippen molar-refractivity contribution in [3.63, 3.8) is 0 Å². The molecule has 1 N–H and O–H groups in total. The summed E-state index contributed by atoms with van der Waals surface area (Å²) in [6.45, 7) is 6.51. The molecule has 5 atom stereocenters. The highest BCUT2D eigenvalue weighted by atomic mass is 16.6. The third-order valence-corrected chi connectivity index (χ3v) is 5.37. The number of aliphatic hydroxyl groups is 1. The first-order valence-electron chi connectivity index (χ1n) is 6.40. The van der Waals surface area contributed by atoms with Gasteiger partial charge in [-0.05, 0) is 39.0 Å². The Balaban J connectivity index is 1.90. The van der Waals surface area contributed by atoms with E-state index in [9.17, 15) is 5.11 Å². The molecule has 0 aromatic heterocycles. The number of hydrogen-bond donors (Lipinski definition) is 1. The molecule has 2 aliphatic carbocycles. The normalized spacial score (nSPS) is 60.8. The van der Waals surface area contributed by atoms with Crippen molar-refractivity contribution in [1.29, 1.82) is 0 Å². The molecule has 2 unspecified atom stereocenters. The minimum absolute atomic E-state index is 0.0233. The average Bonchev–Trinajstić information content (AvgIpc) is 2.73. The SMILES string of the molecule is CCCC[C@]1(O)C2[C@H]3CC[C@]1(C)OC23C. The minimum Gasteiger partial charge on any atom is -0.386 e. The molecule has 0 amide bonds. The number of ether oxygens (including phenoxy) is 1. The summed E-state index contributed by atoms with van der Waals surface area (Å²) in [4.78, 5) is 0. The van der Waals surface area contributed by atoms with Crippen LogP contribution in [0.4, 0.5) is 0 Å². The Bertz CT molecular complexity index is 303. The molecular weight excluding hydrogens is 188 g/mol. The van der Waals surface area contributed by atoms with E-state index in [4.69, 9.17) is 4.74 Å². The third kappa shape index (κ3) is 0.938. The zero-order chi connectivity index (χ0) is 10.9. The molecule has 2 heterocycles. The zero-order valence-electron chi connectivity index (χ0n) is 10.0. The van der Waals surface area contributed by atoms with Crippen LogP contribution >= 0.6 is 0 Å². The first-order valence-corrected chi connectivity index (χ1v) is 6.40. The first kappa shape index (κ1) is 10.1. The second kappa shape index (κ2) is 2.60. The second-order valence-electron chi connectivity index (χ2n) is 6.17. The van der Waals surface area contributed by atoms with E-state index in [1.54, 1.807) is 0 Å². The highest BCUT2D eigenvalue weighted by molar-refractivity contribution is 5.32. The molecule has 4 fully saturated rings. The standard InChI is InChI=1S/C13H22O2/c1-4-5-7-13(14)10-9-6-8-11(13,2)15-12(9,10)3/h9-10,14H,4-8H2,1-3H3/t9-,10?,11+,12?,13+/m1/s1. The van der Waals surface area contributed by atoms with E-state index >= 15 is 0 Å². The van der Waals surface area contributed by atoms with Crippen LogP contribution in [-0.2, 0) is 4.74 Å². The van der Waals surface area contributed by atoms with Crippen molar-refractivity contribution in [3.8, 4) is 0 Å². The van der Waals surface area contributed by atoms with Crippen LogP contribution in [0.2, 0.25) is 0 Å². The summed E-state index contributed by atoms with van der Waals surface area (Å²) in [7, 11) is 0. The molecule has 2 aliphatic heterocycles. The lowest BCUT2D eigenvalue weighted by Gasteiger charge is -2.46. The molecule has 4 aliphatic rings. The van der Waals surface area contributed by atoms with Gasteiger partial charge in [0.2, 0.25) is 0 Å². The van der Waals surface area contributed by atoms with Crippen molar-refractivity contribution in [2.45, 2.75) is 69.7 Å². The van der Waals surface area contributed by atoms with Crippen LogP contribution in [-0.4, -0.2) is 21.9 Å². The predicted molar refractivity (Wildman–Crippen MR) is 58.6 cm³/mol. The average molecular weight is 210 g/mol. The Morgan fingerprint density at radius 1 is 1.40 bits per heavy atom. The number of rotatable bonds is 3. The smallest absolute Gasteiger partial charge is 0.0992 e. The van der Waals surface area contributed by atoms with Gasteiger partial charge in [0.1, 0.15) is 0 Å². The topological polar surface area (TPSA) is 29.5 Å². The fourth-order valence-electron chi connectivity index (χ4n) is 4.44. The van der Waals surface area contributed by atoms with Gasteiger partial charge in [-0.15, -0.1) is 0 Å². The van der Waals surface area contributed by atoms with Crippen LogP contribution in [0.15, 0.2) is 0 Å². The van der Waals surface area contributed by atoms with Gasteiger partial charge in [-0.2, -0.15) is 0 Å². The van der Waals surface area contributed by atoms with Crippen LogP contribution in [0, 0.1) is 11.8 Å². The minimum atomic E-state index is -0.527. The van der Waals surface area contributed by atoms with Crippen molar-refractivity contribution >= 4 is 0 Å². The number of unbranched alkanes of at least 4 members (excludes halogenated alkanes) is 1. The molecule has 2 saturated carbocycles. The van der Waals surface area contributed by atoms with E-state index in [0.717, 1.165) is 25.7 Å². The van der Waals surface area contributed by atoms with Crippen molar-refractivity contribution in [2.24, 2.45) is 11.8 Å². The van der Waals surface area contributed by atoms with Crippen molar-refractivity contribution in [2.75, 3.05) is 0 Å². The molecule has 4 rings (SSSR count). The van der Waals surface area contributed by atoms with Crippen LogP contribution in [0.5, 0.6) is 0 Å². The molecule has 0 spiro atoms. The van der Waals surface area contributed by atoms with Gasteiger partial charge in [0.15, 0.2) is 0 Å². The quantitative estimate of drug-likeness (QED) is 0.775. The highest BCUT2D eigenvalue weighted by Crippen LogP contribution is 2.75. The van der Waals surface area contributed by atoms with Crippen molar-refractivity contribution in [3.05, 3.63) is 0 Å². The summed E-state index contributed by atoms with van der Waals surface area (Å²) in [5.74, 6) is 1.07. The van der Waals surface area contributed by atoms with Crippen LogP contribution < -0.4 is 0 Å². The third-order valence-electron chi connectivity index (χ3n) is 5.37. The lowest BCUT2D eigenvalue weighted by molar-refractivity contribution is -0.194. The van der Waals surface area contributed by atoms with Gasteiger partial charge in [-0.1, -0.05) is 19.8 Å². The van der Waals surface area contributed by atoms with E-state index in [2.05, 4.69) is 20.8 Å². The Hall–Kier alpha value is -0.0800. The molecule has 0 aromatic rings. The van der Waals surface area contributed by atoms with Gasteiger partial charge in [0.05, 0.1) is 16.8 Å². The van der Waals surface area contributed by atoms with E-state index in [-0.39, 0.29) is 11.2 Å². The molecule has 2 saturated heterocycles. The van der Waals surface area contributed by atoms with Gasteiger partial charge in [0.25, 0.3) is 0 Å². The molecule has 86 valence electrons. The van der Waals surface area contributed by atoms with E-state index in [1.807, 2.05) is 0 Å². The lowest BCUT2D eigenvalue weighted by Crippen LogP contribution is -2.55. The first-order chi connectivity index (χ1) is 6.98. The van der Waals surface area contributed by atoms with Gasteiger partial charge in [-0.25, -0.2) is 0 Å². The summed E-state index contributed by atoms with van der Waals surface area (Å²) < 4.78 is 6.17. The van der Waals surface area contributed by atoms with Gasteiger partial charge in [-0.3, -0.25) is 0 Å². The molecule has 2 heteroatoms. The summed E-state index contributed by atoms with van der Waals surface area (Å²) in [6.07, 6.45) is 5.51. The fourth-order valence-corrected chi connectivity index (χ4v) is 4.44. The molecule has 15 heavy (non-hydrogen) atoms. The van der Waals surface area contributed by atoms with Gasteiger partial charge < -0.3 is 9.84 Å². The van der Waals surface area contributed by atoms with Crippen LogP contribution in [0.25, 0.3) is 0 Å². The summed E-state index contributed by atoms with van der Waals surface area (Å²) in [6, 6.07) is 0. The Morgan fingerprint density at radius 3 is 2.67 bits per heavy atom. The van der Waals surface area contributed by atoms with Gasteiger partial charge >= 0.3 is 0 Å². The molecule has 0 radical (unpaired) electrons. The lowest BCUT2D eigenvalue weighted by atomic mass is 9.70. The molecule has 2 nitrogen and oxygen atoms in total.